The molecule has 0 aromatic heterocycles. The fourth-order valence-corrected chi connectivity index (χ4v) is 3.33. The van der Waals surface area contributed by atoms with Gasteiger partial charge in [0, 0.05) is 64.4 Å². The second kappa shape index (κ2) is 50.9. The van der Waals surface area contributed by atoms with Crippen LogP contribution in [0.4, 0.5) is 4.79 Å². The van der Waals surface area contributed by atoms with E-state index in [1.807, 2.05) is 27.2 Å². The number of rotatable bonds is 28. The van der Waals surface area contributed by atoms with Crippen LogP contribution in [0.15, 0.2) is 0 Å². The van der Waals surface area contributed by atoms with Crippen LogP contribution in [0, 0.1) is 17.8 Å². The zero-order chi connectivity index (χ0) is 35.4. The molecule has 0 aliphatic carbocycles. The van der Waals surface area contributed by atoms with Crippen LogP contribution in [0.2, 0.25) is 0 Å². The van der Waals surface area contributed by atoms with E-state index in [1.165, 1.54) is 0 Å². The highest BCUT2D eigenvalue weighted by Crippen LogP contribution is 2.12. The smallest absolute Gasteiger partial charge is 0.407 e. The van der Waals surface area contributed by atoms with Crippen molar-refractivity contribution in [3.8, 4) is 0 Å². The number of hydrogen-bond donors (Lipinski definition) is 5. The lowest BCUT2D eigenvalue weighted by Gasteiger charge is -2.21. The molecule has 0 aromatic carbocycles. The molecule has 0 saturated heterocycles. The predicted molar refractivity (Wildman–Crippen MR) is 164 cm³/mol. The van der Waals surface area contributed by atoms with Crippen molar-refractivity contribution in [1.29, 1.82) is 0 Å². The van der Waals surface area contributed by atoms with Crippen molar-refractivity contribution in [3.63, 3.8) is 0 Å². The zero-order valence-corrected chi connectivity index (χ0v) is 26.6. The fraction of sp³-hybridized carbons (Fsp3) is 0.793. The first-order chi connectivity index (χ1) is 22.1. The Bertz CT molecular complexity index is 570. The van der Waals surface area contributed by atoms with Crippen molar-refractivity contribution in [1.82, 2.24) is 5.32 Å². The van der Waals surface area contributed by atoms with E-state index in [2.05, 4.69) is 5.32 Å². The molecule has 0 aromatic rings. The Morgan fingerprint density at radius 3 is 1.56 bits per heavy atom. The molecule has 0 aliphatic heterocycles. The third kappa shape index (κ3) is 43.5. The van der Waals surface area contributed by atoms with E-state index in [0.29, 0.717) is 71.6 Å². The van der Waals surface area contributed by atoms with Gasteiger partial charge < -0.3 is 73.4 Å². The Morgan fingerprint density at radius 1 is 0.578 bits per heavy atom. The number of aliphatic hydroxyl groups is 4. The van der Waals surface area contributed by atoms with Gasteiger partial charge in [0.1, 0.15) is 40.0 Å². The molecule has 0 aliphatic rings. The number of ether oxygens (including phenoxy) is 5. The largest absolute Gasteiger partial charge is 0.449 e. The number of aliphatic hydroxyl groups excluding tert-OH is 4. The van der Waals surface area contributed by atoms with E-state index in [0.717, 1.165) is 6.42 Å². The third-order valence-electron chi connectivity index (χ3n) is 5.41. The summed E-state index contributed by atoms with van der Waals surface area (Å²) in [5.74, 6) is -0.0562. The minimum absolute atomic E-state index is 0.0391. The first kappa shape index (κ1) is 51.9. The molecule has 0 saturated carbocycles. The lowest BCUT2D eigenvalue weighted by Crippen LogP contribution is -2.30. The molecule has 45 heavy (non-hydrogen) atoms. The summed E-state index contributed by atoms with van der Waals surface area (Å²) in [6, 6.07) is 0. The lowest BCUT2D eigenvalue weighted by molar-refractivity contribution is -0.107. The van der Waals surface area contributed by atoms with E-state index in [9.17, 15) is 19.8 Å². The Labute approximate surface area is 266 Å². The van der Waals surface area contributed by atoms with Gasteiger partial charge in [-0.05, 0) is 38.0 Å². The minimum atomic E-state index is -0.618. The van der Waals surface area contributed by atoms with Gasteiger partial charge in [0.25, 0.3) is 0 Å². The quantitative estimate of drug-likeness (QED) is 0.0520. The topological polar surface area (TPSA) is 242 Å². The summed E-state index contributed by atoms with van der Waals surface area (Å²) in [6.07, 6.45) is 3.39. The van der Waals surface area contributed by atoms with Crippen LogP contribution in [0.1, 0.15) is 38.5 Å². The number of nitrogens with one attached hydrogen (secondary N) is 1. The van der Waals surface area contributed by atoms with Crippen molar-refractivity contribution in [2.75, 3.05) is 92.4 Å². The number of alkyl carbamates (subject to hydrolysis) is 1. The Morgan fingerprint density at radius 2 is 1.04 bits per heavy atom. The average molecular weight is 660 g/mol. The summed E-state index contributed by atoms with van der Waals surface area (Å²) in [4.78, 5) is 54.2. The summed E-state index contributed by atoms with van der Waals surface area (Å²) in [6.45, 7) is 11.5. The first-order valence-corrected chi connectivity index (χ1v) is 14.3. The normalized spacial score (nSPS) is 11.6. The number of amides is 1. The lowest BCUT2D eigenvalue weighted by atomic mass is 10.0. The van der Waals surface area contributed by atoms with Gasteiger partial charge in [0.15, 0.2) is 0 Å². The maximum absolute atomic E-state index is 11.8. The van der Waals surface area contributed by atoms with Crippen LogP contribution < -0.4 is 5.32 Å². The molecule has 0 rings (SSSR count). The van der Waals surface area contributed by atoms with Gasteiger partial charge in [-0.3, -0.25) is 0 Å². The zero-order valence-electron chi connectivity index (χ0n) is 26.6. The summed E-state index contributed by atoms with van der Waals surface area (Å²) < 4.78 is 27.9. The van der Waals surface area contributed by atoms with Crippen LogP contribution in [0.5, 0.6) is 0 Å². The van der Waals surface area contributed by atoms with Crippen LogP contribution in [-0.2, 0) is 47.7 Å². The van der Waals surface area contributed by atoms with E-state index < -0.39 is 6.09 Å². The third-order valence-corrected chi connectivity index (χ3v) is 5.41. The van der Waals surface area contributed by atoms with Crippen LogP contribution >= 0.6 is 0 Å². The molecule has 0 heterocycles. The number of aldehydes is 1. The van der Waals surface area contributed by atoms with Crippen molar-refractivity contribution < 1.29 is 72.9 Å². The van der Waals surface area contributed by atoms with E-state index in [-0.39, 0.29) is 77.0 Å². The van der Waals surface area contributed by atoms with Crippen LogP contribution in [0.3, 0.4) is 0 Å². The maximum atomic E-state index is 11.8. The molecule has 16 nitrogen and oxygen atoms in total. The van der Waals surface area contributed by atoms with E-state index in [4.69, 9.17) is 53.1 Å². The highest BCUT2D eigenvalue weighted by Gasteiger charge is 2.16. The molecule has 3 unspecified atom stereocenters. The molecule has 0 radical (unpaired) electrons. The molecule has 16 heteroatoms. The number of hydrogen-bond acceptors (Lipinski definition) is 15. The predicted octanol–water partition coefficient (Wildman–Crippen LogP) is -0.603. The van der Waals surface area contributed by atoms with Gasteiger partial charge in [0.05, 0.1) is 39.6 Å². The van der Waals surface area contributed by atoms with Gasteiger partial charge >= 0.3 is 6.09 Å². The van der Waals surface area contributed by atoms with Gasteiger partial charge in [-0.1, -0.05) is 0 Å². The SMILES string of the molecule is C=O.C=O.C=O.C=O.O=CCCNC(=O)OCC(COCCOCC(CCO)COCCCO)COCC(CCO)CCCO. The fourth-order valence-electron chi connectivity index (χ4n) is 3.33. The summed E-state index contributed by atoms with van der Waals surface area (Å²) in [5, 5.41) is 38.8. The molecule has 0 bridgehead atoms. The van der Waals surface area contributed by atoms with E-state index >= 15 is 0 Å². The van der Waals surface area contributed by atoms with Gasteiger partial charge in [0.2, 0.25) is 0 Å². The number of carbonyl (C=O) groups is 6. The average Bonchev–Trinajstić information content (AvgIpc) is 3.09. The summed E-state index contributed by atoms with van der Waals surface area (Å²) in [5.41, 5.74) is 0. The molecule has 1 amide bonds. The highest BCUT2D eigenvalue weighted by molar-refractivity contribution is 5.67. The maximum Gasteiger partial charge on any atom is 0.407 e. The van der Waals surface area contributed by atoms with Crippen LogP contribution in [-0.4, -0.2) is 152 Å². The summed E-state index contributed by atoms with van der Waals surface area (Å²) in [7, 11) is 0. The number of carbonyl (C=O) groups excluding carboxylic acids is 6. The molecular weight excluding hydrogens is 602 g/mol. The van der Waals surface area contributed by atoms with Crippen molar-refractivity contribution in [2.45, 2.75) is 38.5 Å². The molecule has 0 spiro atoms. The monoisotopic (exact) mass is 659 g/mol. The summed E-state index contributed by atoms with van der Waals surface area (Å²) >= 11 is 0. The minimum Gasteiger partial charge on any atom is -0.449 e. The van der Waals surface area contributed by atoms with Crippen molar-refractivity contribution >= 4 is 39.5 Å². The standard InChI is InChI=1S/C25H49NO11.4CH2O/c27-8-1-4-22(5-11-30)16-36-20-24(21-37-25(32)26-7-2-9-28)19-35-15-14-34-18-23(6-12-31)17-33-13-3-10-29;4*1-2/h9,22-24,27,29-31H,1-8,10-21H2,(H,26,32);4*1H2. The highest BCUT2D eigenvalue weighted by atomic mass is 16.6. The molecule has 0 fully saturated rings. The van der Waals surface area contributed by atoms with Gasteiger partial charge in [-0.15, -0.1) is 0 Å². The molecule has 268 valence electrons. The Hall–Kier alpha value is -2.70. The molecule has 3 atom stereocenters. The van der Waals surface area contributed by atoms with Gasteiger partial charge in [-0.25, -0.2) is 4.79 Å². The van der Waals surface area contributed by atoms with Crippen molar-refractivity contribution in [2.24, 2.45) is 17.8 Å². The Balaban J connectivity index is -0.000000612. The van der Waals surface area contributed by atoms with Crippen LogP contribution in [0.25, 0.3) is 0 Å². The van der Waals surface area contributed by atoms with Crippen molar-refractivity contribution in [3.05, 3.63) is 0 Å². The molecule has 5 N–H and O–H groups in total. The molecular formula is C29H57NO15. The Kier molecular flexibility index (Phi) is 58.7. The second-order valence-electron chi connectivity index (χ2n) is 8.81. The van der Waals surface area contributed by atoms with Gasteiger partial charge in [-0.2, -0.15) is 0 Å². The van der Waals surface area contributed by atoms with E-state index in [1.54, 1.807) is 0 Å². The second-order valence-corrected chi connectivity index (χ2v) is 8.81. The first-order valence-electron chi connectivity index (χ1n) is 14.3.